The highest BCUT2D eigenvalue weighted by atomic mass is 19.1. The summed E-state index contributed by atoms with van der Waals surface area (Å²) in [6.45, 7) is 3.54. The van der Waals surface area contributed by atoms with Crippen molar-refractivity contribution in [2.45, 2.75) is 19.4 Å². The first-order valence-corrected chi connectivity index (χ1v) is 11.3. The number of nitrogens with one attached hydrogen (secondary N) is 1. The zero-order chi connectivity index (χ0) is 25.3. The highest BCUT2D eigenvalue weighted by Gasteiger charge is 2.28. The first-order valence-electron chi connectivity index (χ1n) is 11.3. The molecule has 1 amide bonds. The van der Waals surface area contributed by atoms with Crippen molar-refractivity contribution in [3.8, 4) is 22.5 Å². The van der Waals surface area contributed by atoms with Crippen molar-refractivity contribution in [2.75, 3.05) is 5.73 Å². The number of anilines is 1. The second kappa shape index (κ2) is 9.14. The molecule has 0 unspecified atom stereocenters. The normalized spacial score (nSPS) is 11.4. The van der Waals surface area contributed by atoms with Crippen LogP contribution in [0.25, 0.3) is 33.4 Å². The molecule has 0 aliphatic rings. The summed E-state index contributed by atoms with van der Waals surface area (Å²) in [5, 5.41) is 3.83. The minimum absolute atomic E-state index is 0.000393. The molecule has 0 atom stereocenters. The zero-order valence-corrected chi connectivity index (χ0v) is 19.7. The Morgan fingerprint density at radius 1 is 0.889 bits per heavy atom. The third-order valence-corrected chi connectivity index (χ3v) is 5.86. The Labute approximate surface area is 207 Å². The highest BCUT2D eigenvalue weighted by Crippen LogP contribution is 2.32. The molecule has 0 fully saturated rings. The molecule has 0 bridgehead atoms. The number of pyridine rings is 2. The molecular weight excluding hydrogens is 455 g/mol. The molecule has 178 valence electrons. The second-order valence-electron chi connectivity index (χ2n) is 8.87. The molecule has 0 saturated heterocycles. The molecular formula is C28H23FN6O. The summed E-state index contributed by atoms with van der Waals surface area (Å²) in [5.74, 6) is -0.970. The molecule has 0 saturated carbocycles. The SMILES string of the molecule is CC(C)(NC(=O)c1nc(-c2ccc3ncccc3c2)c(-c2ccccc2)nc1N)c1ccc(F)cn1. The number of carbonyl (C=O) groups is 1. The van der Waals surface area contributed by atoms with Gasteiger partial charge in [0.2, 0.25) is 0 Å². The average Bonchev–Trinajstić information content (AvgIpc) is 2.88. The summed E-state index contributed by atoms with van der Waals surface area (Å²) in [6.07, 6.45) is 2.85. The molecule has 7 nitrogen and oxygen atoms in total. The lowest BCUT2D eigenvalue weighted by Crippen LogP contribution is -2.42. The number of rotatable bonds is 5. The van der Waals surface area contributed by atoms with Gasteiger partial charge in [0, 0.05) is 22.7 Å². The van der Waals surface area contributed by atoms with Crippen LogP contribution in [0.5, 0.6) is 0 Å². The van der Waals surface area contributed by atoms with Crippen molar-refractivity contribution < 1.29 is 9.18 Å². The summed E-state index contributed by atoms with van der Waals surface area (Å²) in [7, 11) is 0. The van der Waals surface area contributed by atoms with E-state index in [1.165, 1.54) is 12.1 Å². The van der Waals surface area contributed by atoms with E-state index in [0.717, 1.165) is 28.2 Å². The lowest BCUT2D eigenvalue weighted by atomic mass is 9.99. The van der Waals surface area contributed by atoms with E-state index in [0.29, 0.717) is 17.1 Å². The molecule has 36 heavy (non-hydrogen) atoms. The van der Waals surface area contributed by atoms with Gasteiger partial charge in [-0.05, 0) is 44.2 Å². The summed E-state index contributed by atoms with van der Waals surface area (Å²) in [4.78, 5) is 31.2. The van der Waals surface area contributed by atoms with E-state index in [4.69, 9.17) is 10.7 Å². The summed E-state index contributed by atoms with van der Waals surface area (Å²) < 4.78 is 13.3. The van der Waals surface area contributed by atoms with Crippen LogP contribution < -0.4 is 11.1 Å². The molecule has 2 aromatic carbocycles. The van der Waals surface area contributed by atoms with Crippen LogP contribution in [-0.2, 0) is 5.54 Å². The van der Waals surface area contributed by atoms with E-state index < -0.39 is 17.3 Å². The van der Waals surface area contributed by atoms with E-state index in [1.807, 2.05) is 60.7 Å². The largest absolute Gasteiger partial charge is 0.382 e. The molecule has 3 N–H and O–H groups in total. The number of hydrogen-bond acceptors (Lipinski definition) is 6. The Balaban J connectivity index is 1.60. The molecule has 0 aliphatic carbocycles. The molecule has 0 aliphatic heterocycles. The van der Waals surface area contributed by atoms with Crippen molar-refractivity contribution in [3.05, 3.63) is 102 Å². The first kappa shape index (κ1) is 23.0. The van der Waals surface area contributed by atoms with Crippen LogP contribution >= 0.6 is 0 Å². The van der Waals surface area contributed by atoms with Crippen molar-refractivity contribution in [1.29, 1.82) is 0 Å². The Morgan fingerprint density at radius 3 is 2.42 bits per heavy atom. The number of nitrogens with zero attached hydrogens (tertiary/aromatic N) is 4. The van der Waals surface area contributed by atoms with Crippen LogP contribution in [0.1, 0.15) is 30.0 Å². The van der Waals surface area contributed by atoms with Crippen LogP contribution in [-0.4, -0.2) is 25.8 Å². The fourth-order valence-corrected chi connectivity index (χ4v) is 3.99. The van der Waals surface area contributed by atoms with Crippen molar-refractivity contribution in [2.24, 2.45) is 0 Å². The Kier molecular flexibility index (Phi) is 5.85. The fourth-order valence-electron chi connectivity index (χ4n) is 3.99. The van der Waals surface area contributed by atoms with Gasteiger partial charge in [0.05, 0.1) is 34.3 Å². The van der Waals surface area contributed by atoms with Crippen molar-refractivity contribution in [3.63, 3.8) is 0 Å². The van der Waals surface area contributed by atoms with Gasteiger partial charge >= 0.3 is 0 Å². The fraction of sp³-hybridized carbons (Fsp3) is 0.107. The number of aromatic nitrogens is 4. The van der Waals surface area contributed by atoms with Gasteiger partial charge in [0.1, 0.15) is 5.82 Å². The monoisotopic (exact) mass is 478 g/mol. The van der Waals surface area contributed by atoms with Gasteiger partial charge in [0.15, 0.2) is 11.5 Å². The molecule has 8 heteroatoms. The minimum atomic E-state index is -0.911. The molecule has 5 aromatic rings. The number of fused-ring (bicyclic) bond motifs is 1. The maximum Gasteiger partial charge on any atom is 0.274 e. The number of nitrogens with two attached hydrogens (primary N) is 1. The van der Waals surface area contributed by atoms with E-state index >= 15 is 0 Å². The van der Waals surface area contributed by atoms with E-state index in [9.17, 15) is 9.18 Å². The maximum atomic E-state index is 13.4. The Bertz CT molecular complexity index is 1570. The van der Waals surface area contributed by atoms with E-state index in [-0.39, 0.29) is 11.5 Å². The predicted octanol–water partition coefficient (Wildman–Crippen LogP) is 5.14. The Morgan fingerprint density at radius 2 is 1.67 bits per heavy atom. The molecule has 5 rings (SSSR count). The van der Waals surface area contributed by atoms with Gasteiger partial charge in [-0.2, -0.15) is 0 Å². The third kappa shape index (κ3) is 4.48. The van der Waals surface area contributed by atoms with Crippen LogP contribution in [0.2, 0.25) is 0 Å². The molecule has 0 spiro atoms. The molecule has 3 aromatic heterocycles. The summed E-state index contributed by atoms with van der Waals surface area (Å²) >= 11 is 0. The minimum Gasteiger partial charge on any atom is -0.382 e. The van der Waals surface area contributed by atoms with Gasteiger partial charge < -0.3 is 11.1 Å². The third-order valence-electron chi connectivity index (χ3n) is 5.86. The van der Waals surface area contributed by atoms with E-state index in [1.54, 1.807) is 20.0 Å². The van der Waals surface area contributed by atoms with Crippen LogP contribution in [0.15, 0.2) is 85.2 Å². The van der Waals surface area contributed by atoms with Gasteiger partial charge in [-0.3, -0.25) is 14.8 Å². The number of benzene rings is 2. The maximum absolute atomic E-state index is 13.4. The quantitative estimate of drug-likeness (QED) is 0.362. The summed E-state index contributed by atoms with van der Waals surface area (Å²) in [5.41, 5.74) is 9.36. The number of nitrogen functional groups attached to an aromatic ring is 1. The van der Waals surface area contributed by atoms with Crippen molar-refractivity contribution in [1.82, 2.24) is 25.3 Å². The van der Waals surface area contributed by atoms with Gasteiger partial charge in [-0.1, -0.05) is 42.5 Å². The number of amides is 1. The standard InChI is InChI=1S/C28H23FN6O/c1-28(2,22-13-11-20(29)16-32-22)35-27(36)25-26(30)34-23(17-7-4-3-5-8-17)24(33-25)19-10-12-21-18(15-19)9-6-14-31-21/h3-16H,1-2H3,(H2,30,34)(H,35,36). The smallest absolute Gasteiger partial charge is 0.274 e. The molecule has 3 heterocycles. The lowest BCUT2D eigenvalue weighted by Gasteiger charge is -2.26. The van der Waals surface area contributed by atoms with Crippen LogP contribution in [0, 0.1) is 5.82 Å². The highest BCUT2D eigenvalue weighted by molar-refractivity contribution is 5.98. The average molecular weight is 479 g/mol. The van der Waals surface area contributed by atoms with Crippen LogP contribution in [0.3, 0.4) is 0 Å². The Hall–Kier alpha value is -4.72. The van der Waals surface area contributed by atoms with Crippen LogP contribution in [0.4, 0.5) is 10.2 Å². The number of halogens is 1. The predicted molar refractivity (Wildman–Crippen MR) is 137 cm³/mol. The first-order chi connectivity index (χ1) is 17.3. The topological polar surface area (TPSA) is 107 Å². The van der Waals surface area contributed by atoms with Gasteiger partial charge in [0.25, 0.3) is 5.91 Å². The van der Waals surface area contributed by atoms with E-state index in [2.05, 4.69) is 20.3 Å². The zero-order valence-electron chi connectivity index (χ0n) is 19.7. The second-order valence-corrected chi connectivity index (χ2v) is 8.87. The number of carbonyl (C=O) groups excluding carboxylic acids is 1. The van der Waals surface area contributed by atoms with Gasteiger partial charge in [-0.15, -0.1) is 0 Å². The lowest BCUT2D eigenvalue weighted by molar-refractivity contribution is 0.0906. The summed E-state index contributed by atoms with van der Waals surface area (Å²) in [6, 6.07) is 22.0. The molecule has 0 radical (unpaired) electrons. The van der Waals surface area contributed by atoms with Crippen molar-refractivity contribution >= 4 is 22.6 Å². The number of hydrogen-bond donors (Lipinski definition) is 2. The van der Waals surface area contributed by atoms with Gasteiger partial charge in [-0.25, -0.2) is 14.4 Å².